The van der Waals surface area contributed by atoms with Crippen LogP contribution >= 0.6 is 0 Å². The molecule has 0 saturated heterocycles. The summed E-state index contributed by atoms with van der Waals surface area (Å²) >= 11 is 0. The largest absolute Gasteiger partial charge is 0.429 e. The van der Waals surface area contributed by atoms with Crippen LogP contribution in [0.25, 0.3) is 11.3 Å². The minimum absolute atomic E-state index is 0.300. The smallest absolute Gasteiger partial charge is 0.345 e. The first kappa shape index (κ1) is 16.5. The average Bonchev–Trinajstić information content (AvgIpc) is 2.62. The lowest BCUT2D eigenvalue weighted by atomic mass is 9.96. The predicted molar refractivity (Wildman–Crippen MR) is 95.9 cm³/mol. The van der Waals surface area contributed by atoms with Crippen molar-refractivity contribution >= 4 is 25.8 Å². The molecule has 3 rings (SSSR count). The Balaban J connectivity index is 1.76. The molecule has 0 aliphatic carbocycles. The molecule has 1 aromatic heterocycles. The molecule has 0 fully saturated rings. The van der Waals surface area contributed by atoms with Crippen molar-refractivity contribution in [3.63, 3.8) is 0 Å². The van der Waals surface area contributed by atoms with E-state index < -0.39 is 5.97 Å². The number of ether oxygens (including phenoxy) is 2. The minimum atomic E-state index is -0.533. The molecule has 0 radical (unpaired) electrons. The molecule has 5 nitrogen and oxygen atoms in total. The molecule has 0 aliphatic rings. The van der Waals surface area contributed by atoms with Crippen molar-refractivity contribution in [1.82, 2.24) is 4.98 Å². The van der Waals surface area contributed by atoms with Gasteiger partial charge in [0.1, 0.15) is 19.3 Å². The van der Waals surface area contributed by atoms with E-state index in [2.05, 4.69) is 4.98 Å². The van der Waals surface area contributed by atoms with E-state index in [1.165, 1.54) is 12.3 Å². The van der Waals surface area contributed by atoms with Gasteiger partial charge in [0, 0.05) is 17.8 Å². The summed E-state index contributed by atoms with van der Waals surface area (Å²) in [7, 11) is 1.81. The summed E-state index contributed by atoms with van der Waals surface area (Å²) in [5.74, 6) is 0.0825. The third-order valence-corrected chi connectivity index (χ3v) is 3.49. The fraction of sp³-hybridized carbons (Fsp3) is 0. The van der Waals surface area contributed by atoms with E-state index >= 15 is 0 Å². The Labute approximate surface area is 145 Å². The summed E-state index contributed by atoms with van der Waals surface area (Å²) in [4.78, 5) is 27.0. The van der Waals surface area contributed by atoms with Crippen LogP contribution < -0.4 is 14.9 Å². The minimum Gasteiger partial charge on any atom is -0.429 e. The van der Waals surface area contributed by atoms with Gasteiger partial charge in [0.15, 0.2) is 0 Å². The molecule has 3 aromatic rings. The maximum Gasteiger partial charge on any atom is 0.345 e. The molecule has 25 heavy (non-hydrogen) atoms. The topological polar surface area (TPSA) is 65.5 Å². The second-order valence-corrected chi connectivity index (χ2v) is 5.38. The second kappa shape index (κ2) is 7.44. The lowest BCUT2D eigenvalue weighted by Gasteiger charge is -2.08. The van der Waals surface area contributed by atoms with Crippen molar-refractivity contribution < 1.29 is 19.1 Å². The third-order valence-electron chi connectivity index (χ3n) is 3.49. The van der Waals surface area contributed by atoms with Crippen LogP contribution in [0.3, 0.4) is 0 Å². The molecular formula is C19H14BNO4. The summed E-state index contributed by atoms with van der Waals surface area (Å²) < 4.78 is 10.1. The van der Waals surface area contributed by atoms with Gasteiger partial charge in [-0.15, -0.1) is 0 Å². The molecule has 1 heterocycles. The number of rotatable bonds is 5. The highest BCUT2D eigenvalue weighted by atomic mass is 16.5. The molecule has 0 N–H and O–H groups in total. The van der Waals surface area contributed by atoms with Gasteiger partial charge in [-0.25, -0.2) is 4.79 Å². The van der Waals surface area contributed by atoms with Crippen molar-refractivity contribution in [1.29, 1.82) is 0 Å². The van der Waals surface area contributed by atoms with E-state index in [9.17, 15) is 9.59 Å². The third kappa shape index (κ3) is 4.12. The lowest BCUT2D eigenvalue weighted by molar-refractivity contribution is -0.120. The zero-order valence-electron chi connectivity index (χ0n) is 13.5. The predicted octanol–water partition coefficient (Wildman–Crippen LogP) is 1.76. The van der Waals surface area contributed by atoms with E-state index in [1.807, 2.05) is 38.2 Å². The van der Waals surface area contributed by atoms with E-state index in [0.717, 1.165) is 16.7 Å². The summed E-state index contributed by atoms with van der Waals surface area (Å²) in [5.41, 5.74) is 2.88. The van der Waals surface area contributed by atoms with Crippen molar-refractivity contribution in [2.75, 3.05) is 0 Å². The summed E-state index contributed by atoms with van der Waals surface area (Å²) in [6.07, 6.45) is 1.48. The van der Waals surface area contributed by atoms with Crippen LogP contribution in [-0.4, -0.2) is 25.3 Å². The van der Waals surface area contributed by atoms with Crippen LogP contribution in [0.5, 0.6) is 11.5 Å². The first-order valence-corrected chi connectivity index (χ1v) is 7.61. The second-order valence-electron chi connectivity index (χ2n) is 5.38. The first-order valence-electron chi connectivity index (χ1n) is 7.61. The van der Waals surface area contributed by atoms with Gasteiger partial charge < -0.3 is 9.47 Å². The fourth-order valence-corrected chi connectivity index (χ4v) is 2.36. The van der Waals surface area contributed by atoms with Gasteiger partial charge in [0.25, 0.3) is 6.47 Å². The molecule has 0 aliphatic heterocycles. The molecule has 0 bridgehead atoms. The maximum atomic E-state index is 12.3. The Bertz CT molecular complexity index is 895. The molecule has 0 saturated carbocycles. The zero-order chi connectivity index (χ0) is 17.6. The fourth-order valence-electron chi connectivity index (χ4n) is 2.36. The molecule has 6 heteroatoms. The monoisotopic (exact) mass is 331 g/mol. The highest BCUT2D eigenvalue weighted by Crippen LogP contribution is 2.20. The van der Waals surface area contributed by atoms with E-state index in [4.69, 9.17) is 9.47 Å². The number of carbonyl (C=O) groups is 2. The lowest BCUT2D eigenvalue weighted by Crippen LogP contribution is -2.11. The number of hydrogen-bond donors (Lipinski definition) is 0. The maximum absolute atomic E-state index is 12.3. The quantitative estimate of drug-likeness (QED) is 0.308. The summed E-state index contributed by atoms with van der Waals surface area (Å²) in [5, 5.41) is 0. The van der Waals surface area contributed by atoms with Crippen molar-refractivity contribution in [2.45, 2.75) is 0 Å². The van der Waals surface area contributed by atoms with Gasteiger partial charge in [-0.2, -0.15) is 0 Å². The molecule has 0 unspecified atom stereocenters. The number of esters is 1. The van der Waals surface area contributed by atoms with Gasteiger partial charge in [-0.1, -0.05) is 35.8 Å². The highest BCUT2D eigenvalue weighted by Gasteiger charge is 2.11. The molecule has 0 spiro atoms. The van der Waals surface area contributed by atoms with Crippen LogP contribution in [0.4, 0.5) is 0 Å². The van der Waals surface area contributed by atoms with Crippen LogP contribution in [-0.2, 0) is 4.79 Å². The van der Waals surface area contributed by atoms with Crippen molar-refractivity contribution in [3.05, 3.63) is 72.4 Å². The van der Waals surface area contributed by atoms with E-state index in [0.29, 0.717) is 23.5 Å². The van der Waals surface area contributed by atoms with Gasteiger partial charge >= 0.3 is 5.97 Å². The van der Waals surface area contributed by atoms with E-state index in [-0.39, 0.29) is 0 Å². The van der Waals surface area contributed by atoms with Crippen LogP contribution in [0.2, 0.25) is 0 Å². The van der Waals surface area contributed by atoms with Gasteiger partial charge in [0.2, 0.25) is 0 Å². The SMILES string of the molecule is Bc1cc(OC=O)cc(OC(=O)c2ccc(-c3ccccc3)nc2)c1. The number of benzene rings is 2. The average molecular weight is 331 g/mol. The molecule has 2 aromatic carbocycles. The van der Waals surface area contributed by atoms with Gasteiger partial charge in [-0.05, 0) is 24.3 Å². The number of aromatic nitrogens is 1. The van der Waals surface area contributed by atoms with Gasteiger partial charge in [0.05, 0.1) is 11.3 Å². The summed E-state index contributed by atoms with van der Waals surface area (Å²) in [6, 6.07) is 17.9. The molecular weight excluding hydrogens is 317 g/mol. The number of pyridine rings is 1. The highest BCUT2D eigenvalue weighted by molar-refractivity contribution is 6.32. The Kier molecular flexibility index (Phi) is 4.90. The molecule has 122 valence electrons. The summed E-state index contributed by atoms with van der Waals surface area (Å²) in [6.45, 7) is 0.326. The Hall–Kier alpha value is -3.41. The zero-order valence-corrected chi connectivity index (χ0v) is 13.5. The van der Waals surface area contributed by atoms with Crippen molar-refractivity contribution in [3.8, 4) is 22.8 Å². The Morgan fingerprint density at radius 1 is 1.00 bits per heavy atom. The first-order chi connectivity index (χ1) is 12.2. The van der Waals surface area contributed by atoms with Crippen LogP contribution in [0.1, 0.15) is 10.4 Å². The molecule has 0 amide bonds. The Morgan fingerprint density at radius 3 is 2.44 bits per heavy atom. The standard InChI is InChI=1S/C19H14BNO4/c20-15-8-16(24-12-22)10-17(9-15)25-19(23)14-6-7-18(21-11-14)13-4-2-1-3-5-13/h1-12H,20H2. The molecule has 0 atom stereocenters. The van der Waals surface area contributed by atoms with Crippen LogP contribution in [0, 0.1) is 0 Å². The number of carbonyl (C=O) groups excluding carboxylic acids is 2. The number of hydrogen-bond acceptors (Lipinski definition) is 5. The Morgan fingerprint density at radius 2 is 1.76 bits per heavy atom. The number of nitrogens with zero attached hydrogens (tertiary/aromatic N) is 1. The van der Waals surface area contributed by atoms with Crippen LogP contribution in [0.15, 0.2) is 66.9 Å². The van der Waals surface area contributed by atoms with Gasteiger partial charge in [-0.3, -0.25) is 9.78 Å². The van der Waals surface area contributed by atoms with Crippen molar-refractivity contribution in [2.24, 2.45) is 0 Å². The normalized spacial score (nSPS) is 10.1. The van der Waals surface area contributed by atoms with E-state index in [1.54, 1.807) is 24.3 Å².